The average molecular weight is 552 g/mol. The number of esters is 1. The Hall–Kier alpha value is -2.54. The van der Waals surface area contributed by atoms with Gasteiger partial charge < -0.3 is 19.4 Å². The number of fused-ring (bicyclic) bond motifs is 2. The van der Waals surface area contributed by atoms with Crippen LogP contribution in [0.2, 0.25) is 0 Å². The van der Waals surface area contributed by atoms with Crippen molar-refractivity contribution in [2.24, 2.45) is 4.99 Å². The number of carbonyl (C=O) groups excluding carboxylic acids is 3. The third-order valence-corrected chi connectivity index (χ3v) is 8.82. The molecule has 2 aromatic heterocycles. The molecule has 0 spiro atoms. The lowest BCUT2D eigenvalue weighted by atomic mass is 9.95. The van der Waals surface area contributed by atoms with Gasteiger partial charge in [-0.1, -0.05) is 11.3 Å². The van der Waals surface area contributed by atoms with Gasteiger partial charge in [0.25, 0.3) is 5.91 Å². The molecule has 0 unspecified atom stereocenters. The lowest BCUT2D eigenvalue weighted by molar-refractivity contribution is -0.115. The number of carbonyl (C=O) groups is 3. The zero-order valence-corrected chi connectivity index (χ0v) is 22.4. The van der Waals surface area contributed by atoms with E-state index in [1.165, 1.54) is 41.9 Å². The molecular formula is C24H26FN3O5S3. The number of amides is 2. The van der Waals surface area contributed by atoms with Crippen molar-refractivity contribution in [3.63, 3.8) is 0 Å². The van der Waals surface area contributed by atoms with E-state index in [4.69, 9.17) is 9.47 Å². The van der Waals surface area contributed by atoms with Crippen LogP contribution in [0.1, 0.15) is 33.6 Å². The van der Waals surface area contributed by atoms with Crippen molar-refractivity contribution < 1.29 is 28.2 Å². The van der Waals surface area contributed by atoms with Crippen molar-refractivity contribution in [3.05, 3.63) is 44.8 Å². The number of benzene rings is 1. The van der Waals surface area contributed by atoms with Gasteiger partial charge in [-0.05, 0) is 49.4 Å². The summed E-state index contributed by atoms with van der Waals surface area (Å²) < 4.78 is 26.3. The van der Waals surface area contributed by atoms with Gasteiger partial charge in [-0.15, -0.1) is 23.1 Å². The lowest BCUT2D eigenvalue weighted by Crippen LogP contribution is -2.20. The number of thiophene rings is 1. The predicted molar refractivity (Wildman–Crippen MR) is 140 cm³/mol. The van der Waals surface area contributed by atoms with Crippen LogP contribution in [-0.2, 0) is 38.4 Å². The maximum absolute atomic E-state index is 13.7. The highest BCUT2D eigenvalue weighted by Crippen LogP contribution is 2.38. The molecule has 1 aliphatic carbocycles. The normalized spacial score (nSPS) is 13.6. The summed E-state index contributed by atoms with van der Waals surface area (Å²) in [4.78, 5) is 43.2. The Morgan fingerprint density at radius 2 is 1.97 bits per heavy atom. The second-order valence-corrected chi connectivity index (χ2v) is 11.2. The van der Waals surface area contributed by atoms with Crippen LogP contribution >= 0.6 is 34.4 Å². The number of halogens is 1. The van der Waals surface area contributed by atoms with E-state index in [1.807, 2.05) is 4.57 Å². The van der Waals surface area contributed by atoms with Crippen LogP contribution in [0.15, 0.2) is 23.2 Å². The van der Waals surface area contributed by atoms with Crippen LogP contribution < -0.4 is 10.1 Å². The van der Waals surface area contributed by atoms with Gasteiger partial charge in [0.05, 0.1) is 41.0 Å². The Morgan fingerprint density at radius 1 is 1.17 bits per heavy atom. The number of ether oxygens (including phenoxy) is 2. The van der Waals surface area contributed by atoms with Crippen LogP contribution in [0.3, 0.4) is 0 Å². The highest BCUT2D eigenvalue weighted by atomic mass is 32.2. The molecule has 2 heterocycles. The van der Waals surface area contributed by atoms with E-state index >= 15 is 0 Å². The third kappa shape index (κ3) is 6.05. The summed E-state index contributed by atoms with van der Waals surface area (Å²) in [7, 11) is 2.91. The first-order valence-corrected chi connectivity index (χ1v) is 14.2. The number of thioether (sulfide) groups is 1. The lowest BCUT2D eigenvalue weighted by Gasteiger charge is -2.11. The summed E-state index contributed by atoms with van der Waals surface area (Å²) in [5, 5.41) is 3.33. The first-order valence-electron chi connectivity index (χ1n) is 11.4. The van der Waals surface area contributed by atoms with Gasteiger partial charge in [0, 0.05) is 18.5 Å². The molecule has 1 aliphatic rings. The Labute approximate surface area is 219 Å². The molecule has 0 atom stereocenters. The summed E-state index contributed by atoms with van der Waals surface area (Å²) in [5.74, 6) is -1.46. The monoisotopic (exact) mass is 551 g/mol. The average Bonchev–Trinajstić information content (AvgIpc) is 3.38. The summed E-state index contributed by atoms with van der Waals surface area (Å²) in [5.41, 5.74) is 2.19. The molecule has 2 amide bonds. The Kier molecular flexibility index (Phi) is 8.94. The van der Waals surface area contributed by atoms with Gasteiger partial charge in [0.15, 0.2) is 4.80 Å². The minimum atomic E-state index is -0.448. The number of rotatable bonds is 9. The molecule has 0 saturated carbocycles. The van der Waals surface area contributed by atoms with Gasteiger partial charge in [-0.2, -0.15) is 4.99 Å². The van der Waals surface area contributed by atoms with Gasteiger partial charge in [0.1, 0.15) is 10.8 Å². The molecule has 0 radical (unpaired) electrons. The summed E-state index contributed by atoms with van der Waals surface area (Å²) in [6.45, 7) is 0.885. The SMILES string of the molecule is COCCn1c(=NC(=O)CSCC(=O)Nc2sc3c(c2C(=O)OC)CCCC3)sc2cc(F)ccc21. The second kappa shape index (κ2) is 12.1. The van der Waals surface area contributed by atoms with Crippen LogP contribution in [0, 0.1) is 5.82 Å². The van der Waals surface area contributed by atoms with E-state index in [1.54, 1.807) is 13.2 Å². The maximum atomic E-state index is 13.7. The van der Waals surface area contributed by atoms with Crippen molar-refractivity contribution >= 4 is 67.4 Å². The molecule has 36 heavy (non-hydrogen) atoms. The number of hydrogen-bond donors (Lipinski definition) is 1. The fourth-order valence-corrected chi connectivity index (χ4v) is 7.03. The number of hydrogen-bond acceptors (Lipinski definition) is 8. The summed E-state index contributed by atoms with van der Waals surface area (Å²) in [6.07, 6.45) is 3.75. The molecule has 0 saturated heterocycles. The first-order chi connectivity index (χ1) is 17.4. The number of anilines is 1. The molecule has 192 valence electrons. The minimum Gasteiger partial charge on any atom is -0.465 e. The molecule has 1 aromatic carbocycles. The van der Waals surface area contributed by atoms with E-state index in [0.29, 0.717) is 33.2 Å². The zero-order valence-electron chi connectivity index (χ0n) is 19.9. The zero-order chi connectivity index (χ0) is 25.7. The molecule has 3 aromatic rings. The fraction of sp³-hybridized carbons (Fsp3) is 0.417. The molecule has 1 N–H and O–H groups in total. The Morgan fingerprint density at radius 3 is 2.75 bits per heavy atom. The fourth-order valence-electron chi connectivity index (χ4n) is 4.04. The predicted octanol–water partition coefficient (Wildman–Crippen LogP) is 4.01. The maximum Gasteiger partial charge on any atom is 0.341 e. The quantitative estimate of drug-likeness (QED) is 0.404. The van der Waals surface area contributed by atoms with Crippen molar-refractivity contribution in [3.8, 4) is 0 Å². The van der Waals surface area contributed by atoms with Crippen LogP contribution in [0.5, 0.6) is 0 Å². The molecule has 8 nitrogen and oxygen atoms in total. The molecule has 0 fully saturated rings. The minimum absolute atomic E-state index is 0.00506. The van der Waals surface area contributed by atoms with Crippen molar-refractivity contribution in [1.82, 2.24) is 4.57 Å². The molecule has 12 heteroatoms. The molecule has 4 rings (SSSR count). The highest BCUT2D eigenvalue weighted by molar-refractivity contribution is 8.00. The van der Waals surface area contributed by atoms with Crippen LogP contribution in [0.25, 0.3) is 10.2 Å². The first kappa shape index (κ1) is 26.5. The van der Waals surface area contributed by atoms with Crippen LogP contribution in [0.4, 0.5) is 9.39 Å². The Balaban J connectivity index is 1.41. The number of aryl methyl sites for hydroxylation is 1. The second-order valence-electron chi connectivity index (χ2n) is 8.09. The van der Waals surface area contributed by atoms with Crippen molar-refractivity contribution in [1.29, 1.82) is 0 Å². The number of methoxy groups -OCH3 is 2. The van der Waals surface area contributed by atoms with Gasteiger partial charge in [0.2, 0.25) is 5.91 Å². The number of aromatic nitrogens is 1. The van der Waals surface area contributed by atoms with E-state index < -0.39 is 11.9 Å². The van der Waals surface area contributed by atoms with Crippen LogP contribution in [-0.4, -0.2) is 54.7 Å². The Bertz CT molecular complexity index is 1360. The molecule has 0 bridgehead atoms. The number of thiazole rings is 1. The van der Waals surface area contributed by atoms with Crippen molar-refractivity contribution in [2.45, 2.75) is 32.2 Å². The van der Waals surface area contributed by atoms with E-state index in [-0.39, 0.29) is 23.2 Å². The smallest absolute Gasteiger partial charge is 0.341 e. The third-order valence-electron chi connectivity index (χ3n) is 5.66. The largest absolute Gasteiger partial charge is 0.465 e. The molecule has 0 aliphatic heterocycles. The van der Waals surface area contributed by atoms with Gasteiger partial charge >= 0.3 is 5.97 Å². The topological polar surface area (TPSA) is 99.0 Å². The highest BCUT2D eigenvalue weighted by Gasteiger charge is 2.26. The van der Waals surface area contributed by atoms with Gasteiger partial charge in [-0.25, -0.2) is 9.18 Å². The summed E-state index contributed by atoms with van der Waals surface area (Å²) >= 11 is 3.79. The van der Waals surface area contributed by atoms with Crippen molar-refractivity contribution in [2.75, 3.05) is 37.6 Å². The summed E-state index contributed by atoms with van der Waals surface area (Å²) in [6, 6.07) is 4.44. The number of nitrogens with one attached hydrogen (secondary N) is 1. The number of nitrogens with zero attached hydrogens (tertiary/aromatic N) is 2. The van der Waals surface area contributed by atoms with E-state index in [0.717, 1.165) is 53.4 Å². The van der Waals surface area contributed by atoms with E-state index in [9.17, 15) is 18.8 Å². The van der Waals surface area contributed by atoms with E-state index in [2.05, 4.69) is 10.3 Å². The molecular weight excluding hydrogens is 525 g/mol. The van der Waals surface area contributed by atoms with Gasteiger partial charge in [-0.3, -0.25) is 9.59 Å². The standard InChI is InChI=1S/C24H26FN3O5S3/c1-32-10-9-28-16-8-7-14(25)11-18(16)36-24(28)27-20(30)13-34-12-19(29)26-22-21(23(31)33-2)15-5-3-4-6-17(15)35-22/h7-8,11H,3-6,9-10,12-13H2,1-2H3,(H,26,29).